The summed E-state index contributed by atoms with van der Waals surface area (Å²) in [5.41, 5.74) is 2.02. The maximum Gasteiger partial charge on any atom is 0.343 e. The number of hydrogen-bond donors (Lipinski definition) is 0. The number of benzene rings is 3. The molecule has 0 aliphatic rings. The van der Waals surface area contributed by atoms with Crippen molar-refractivity contribution >= 4 is 17.6 Å². The predicted molar refractivity (Wildman–Crippen MR) is 152 cm³/mol. The van der Waals surface area contributed by atoms with Crippen LogP contribution in [0.4, 0.5) is 5.69 Å². The van der Waals surface area contributed by atoms with E-state index in [1.807, 2.05) is 0 Å². The molecule has 0 spiro atoms. The Hall–Kier alpha value is -4.00. The highest BCUT2D eigenvalue weighted by Gasteiger charge is 2.11. The molecule has 3 aromatic rings. The molecule has 0 aromatic heterocycles. The summed E-state index contributed by atoms with van der Waals surface area (Å²) < 4.78 is 10.8. The third kappa shape index (κ3) is 10.3. The van der Waals surface area contributed by atoms with E-state index in [0.29, 0.717) is 23.5 Å². The molecule has 7 heteroatoms. The van der Waals surface area contributed by atoms with Crippen LogP contribution in [0.25, 0.3) is 11.1 Å². The third-order valence-corrected chi connectivity index (χ3v) is 6.53. The van der Waals surface area contributed by atoms with E-state index in [4.69, 9.17) is 9.47 Å². The van der Waals surface area contributed by atoms with Gasteiger partial charge in [-0.1, -0.05) is 76.8 Å². The molecule has 0 bridgehead atoms. The van der Waals surface area contributed by atoms with E-state index in [1.165, 1.54) is 57.1 Å². The van der Waals surface area contributed by atoms with Gasteiger partial charge in [0, 0.05) is 18.6 Å². The van der Waals surface area contributed by atoms with Gasteiger partial charge in [0.15, 0.2) is 0 Å². The molecule has 3 aromatic carbocycles. The summed E-state index contributed by atoms with van der Waals surface area (Å²) in [5, 5.41) is 10.8. The first-order chi connectivity index (χ1) is 19.0. The van der Waals surface area contributed by atoms with E-state index in [9.17, 15) is 19.7 Å². The molecular formula is C32H37NO6. The molecule has 0 atom stereocenters. The molecule has 0 heterocycles. The van der Waals surface area contributed by atoms with Crippen molar-refractivity contribution in [1.29, 1.82) is 0 Å². The second kappa shape index (κ2) is 16.1. The zero-order chi connectivity index (χ0) is 27.9. The molecule has 0 fully saturated rings. The Labute approximate surface area is 230 Å². The van der Waals surface area contributed by atoms with Gasteiger partial charge in [-0.2, -0.15) is 0 Å². The number of esters is 2. The molecule has 0 N–H and O–H groups in total. The van der Waals surface area contributed by atoms with Gasteiger partial charge in [-0.25, -0.2) is 4.79 Å². The smallest absolute Gasteiger partial charge is 0.343 e. The lowest BCUT2D eigenvalue weighted by Crippen LogP contribution is -2.10. The fourth-order valence-electron chi connectivity index (χ4n) is 4.26. The van der Waals surface area contributed by atoms with E-state index in [1.54, 1.807) is 60.7 Å². The molecule has 39 heavy (non-hydrogen) atoms. The van der Waals surface area contributed by atoms with Gasteiger partial charge < -0.3 is 9.47 Å². The second-order valence-electron chi connectivity index (χ2n) is 9.65. The fourth-order valence-corrected chi connectivity index (χ4v) is 4.26. The molecule has 0 unspecified atom stereocenters. The number of unbranched alkanes of at least 4 members (excludes halogenated alkanes) is 9. The zero-order valence-corrected chi connectivity index (χ0v) is 22.6. The molecule has 206 valence electrons. The number of carbonyl (C=O) groups is 2. The van der Waals surface area contributed by atoms with E-state index >= 15 is 0 Å². The number of hydrogen-bond acceptors (Lipinski definition) is 6. The minimum atomic E-state index is -0.527. The summed E-state index contributed by atoms with van der Waals surface area (Å²) in [7, 11) is 0. The van der Waals surface area contributed by atoms with Gasteiger partial charge in [-0.3, -0.25) is 14.9 Å². The molecule has 0 saturated heterocycles. The van der Waals surface area contributed by atoms with Crippen molar-refractivity contribution in [2.24, 2.45) is 0 Å². The molecule has 0 aliphatic heterocycles. The zero-order valence-electron chi connectivity index (χ0n) is 22.6. The van der Waals surface area contributed by atoms with Crippen LogP contribution in [0.5, 0.6) is 11.5 Å². The number of rotatable bonds is 16. The van der Waals surface area contributed by atoms with Crippen molar-refractivity contribution in [2.75, 3.05) is 0 Å². The van der Waals surface area contributed by atoms with Gasteiger partial charge in [0.05, 0.1) is 10.5 Å². The van der Waals surface area contributed by atoms with Crippen LogP contribution in [0.3, 0.4) is 0 Å². The van der Waals surface area contributed by atoms with E-state index in [-0.39, 0.29) is 11.7 Å². The first-order valence-corrected chi connectivity index (χ1v) is 13.8. The van der Waals surface area contributed by atoms with Crippen molar-refractivity contribution < 1.29 is 24.0 Å². The van der Waals surface area contributed by atoms with Gasteiger partial charge in [-0.15, -0.1) is 0 Å². The Morgan fingerprint density at radius 3 is 1.64 bits per heavy atom. The van der Waals surface area contributed by atoms with Crippen LogP contribution in [-0.2, 0) is 4.79 Å². The van der Waals surface area contributed by atoms with Crippen LogP contribution in [0, 0.1) is 10.1 Å². The Morgan fingerprint density at radius 2 is 1.10 bits per heavy atom. The summed E-state index contributed by atoms with van der Waals surface area (Å²) in [5.74, 6) is -0.0203. The first kappa shape index (κ1) is 29.6. The Bertz CT molecular complexity index is 1190. The molecule has 7 nitrogen and oxygen atoms in total. The first-order valence-electron chi connectivity index (χ1n) is 13.8. The maximum absolute atomic E-state index is 12.5. The SMILES string of the molecule is CCCCCCCCCCCCC(=O)Oc1ccc(C(=O)Oc2ccc(-c3ccc([N+](=O)[O-])cc3)cc2)cc1. The fraction of sp³-hybridized carbons (Fsp3) is 0.375. The summed E-state index contributed by atoms with van der Waals surface area (Å²) in [4.78, 5) is 35.0. The molecule has 0 radical (unpaired) electrons. The predicted octanol–water partition coefficient (Wildman–Crippen LogP) is 8.70. The molecule has 0 aliphatic carbocycles. The lowest BCUT2D eigenvalue weighted by atomic mass is 10.1. The number of nitrogens with zero attached hydrogens (tertiary/aromatic N) is 1. The Morgan fingerprint density at radius 1 is 0.641 bits per heavy atom. The lowest BCUT2D eigenvalue weighted by Gasteiger charge is -2.08. The monoisotopic (exact) mass is 531 g/mol. The molecule has 0 saturated carbocycles. The summed E-state index contributed by atoms with van der Waals surface area (Å²) in [6, 6.07) is 19.4. The van der Waals surface area contributed by atoms with Crippen molar-refractivity contribution in [3.05, 3.63) is 88.5 Å². The van der Waals surface area contributed by atoms with Crippen LogP contribution in [0.15, 0.2) is 72.8 Å². The highest BCUT2D eigenvalue weighted by atomic mass is 16.6. The van der Waals surface area contributed by atoms with Gasteiger partial charge >= 0.3 is 11.9 Å². The topological polar surface area (TPSA) is 95.7 Å². The normalized spacial score (nSPS) is 10.7. The number of carbonyl (C=O) groups excluding carboxylic acids is 2. The summed E-state index contributed by atoms with van der Waals surface area (Å²) in [6.45, 7) is 2.23. The Kier molecular flexibility index (Phi) is 12.2. The van der Waals surface area contributed by atoms with Crippen molar-refractivity contribution in [1.82, 2.24) is 0 Å². The van der Waals surface area contributed by atoms with Crippen LogP contribution in [-0.4, -0.2) is 16.9 Å². The van der Waals surface area contributed by atoms with E-state index in [2.05, 4.69) is 6.92 Å². The molecule has 0 amide bonds. The molecular weight excluding hydrogens is 494 g/mol. The summed E-state index contributed by atoms with van der Waals surface area (Å²) >= 11 is 0. The number of nitro benzene ring substituents is 1. The quantitative estimate of drug-likeness (QED) is 0.0603. The van der Waals surface area contributed by atoms with Gasteiger partial charge in [0.1, 0.15) is 11.5 Å². The van der Waals surface area contributed by atoms with Crippen molar-refractivity contribution in [3.63, 3.8) is 0 Å². The highest BCUT2D eigenvalue weighted by molar-refractivity contribution is 5.91. The van der Waals surface area contributed by atoms with Crippen molar-refractivity contribution in [3.8, 4) is 22.6 Å². The minimum absolute atomic E-state index is 0.0270. The second-order valence-corrected chi connectivity index (χ2v) is 9.65. The summed E-state index contributed by atoms with van der Waals surface area (Å²) in [6.07, 6.45) is 12.5. The van der Waals surface area contributed by atoms with Gasteiger partial charge in [0.25, 0.3) is 5.69 Å². The van der Waals surface area contributed by atoms with Crippen LogP contribution >= 0.6 is 0 Å². The van der Waals surface area contributed by atoms with E-state index in [0.717, 1.165) is 30.4 Å². The lowest BCUT2D eigenvalue weighted by molar-refractivity contribution is -0.384. The average molecular weight is 532 g/mol. The largest absolute Gasteiger partial charge is 0.427 e. The minimum Gasteiger partial charge on any atom is -0.427 e. The Balaban J connectivity index is 1.37. The van der Waals surface area contributed by atoms with Crippen molar-refractivity contribution in [2.45, 2.75) is 77.6 Å². The average Bonchev–Trinajstić information content (AvgIpc) is 2.95. The number of non-ortho nitro benzene ring substituents is 1. The van der Waals surface area contributed by atoms with Crippen LogP contribution in [0.1, 0.15) is 87.9 Å². The standard InChI is InChI=1S/C32H37NO6/c1-2-3-4-5-6-7-8-9-10-11-12-31(34)38-29-23-17-27(18-24-29)32(35)39-30-21-15-26(16-22-30)25-13-19-28(20-14-25)33(36)37/h13-24H,2-12H2,1H3. The highest BCUT2D eigenvalue weighted by Crippen LogP contribution is 2.25. The number of nitro groups is 1. The van der Waals surface area contributed by atoms with Crippen LogP contribution < -0.4 is 9.47 Å². The van der Waals surface area contributed by atoms with Gasteiger partial charge in [-0.05, 0) is 66.1 Å². The van der Waals surface area contributed by atoms with E-state index < -0.39 is 10.9 Å². The molecule has 3 rings (SSSR count). The third-order valence-electron chi connectivity index (χ3n) is 6.53. The number of ether oxygens (including phenoxy) is 2. The van der Waals surface area contributed by atoms with Gasteiger partial charge in [0.2, 0.25) is 0 Å². The maximum atomic E-state index is 12.5. The van der Waals surface area contributed by atoms with Crippen LogP contribution in [0.2, 0.25) is 0 Å².